The highest BCUT2D eigenvalue weighted by Gasteiger charge is 2.25. The molecule has 0 fully saturated rings. The van der Waals surface area contributed by atoms with Crippen LogP contribution < -0.4 is 10.6 Å². The van der Waals surface area contributed by atoms with Gasteiger partial charge in [-0.1, -0.05) is 18.2 Å². The summed E-state index contributed by atoms with van der Waals surface area (Å²) in [5.74, 6) is 0.613. The Kier molecular flexibility index (Phi) is 6.52. The number of fused-ring (bicyclic) bond motifs is 1. The molecule has 1 aromatic heterocycles. The van der Waals surface area contributed by atoms with Crippen molar-refractivity contribution >= 4 is 16.9 Å². The van der Waals surface area contributed by atoms with Crippen molar-refractivity contribution in [2.75, 3.05) is 20.1 Å². The van der Waals surface area contributed by atoms with E-state index in [2.05, 4.69) is 26.7 Å². The fraction of sp³-hybridized carbons (Fsp3) is 0.471. The molecule has 2 rings (SSSR count). The molecule has 0 saturated carbocycles. The molecule has 4 nitrogen and oxygen atoms in total. The number of hydrogen-bond donors (Lipinski definition) is 3. The molecule has 24 heavy (non-hydrogen) atoms. The first-order chi connectivity index (χ1) is 11.5. The second-order valence-electron chi connectivity index (χ2n) is 5.61. The van der Waals surface area contributed by atoms with E-state index in [1.54, 1.807) is 7.05 Å². The van der Waals surface area contributed by atoms with Crippen molar-refractivity contribution in [2.45, 2.75) is 31.9 Å². The highest BCUT2D eigenvalue weighted by atomic mass is 19.4. The number of hydrogen-bond acceptors (Lipinski definition) is 1. The molecular formula is C17H23F3N4. The van der Waals surface area contributed by atoms with E-state index < -0.39 is 12.6 Å². The van der Waals surface area contributed by atoms with Gasteiger partial charge in [-0.3, -0.25) is 4.99 Å². The Morgan fingerprint density at radius 2 is 1.88 bits per heavy atom. The number of benzene rings is 1. The second-order valence-corrected chi connectivity index (χ2v) is 5.61. The molecular weight excluding hydrogens is 317 g/mol. The van der Waals surface area contributed by atoms with Crippen LogP contribution in [0, 0.1) is 0 Å². The molecule has 0 bridgehead atoms. The third-order valence-corrected chi connectivity index (χ3v) is 3.76. The van der Waals surface area contributed by atoms with Crippen LogP contribution in [0.1, 0.15) is 24.8 Å². The maximum Gasteiger partial charge on any atom is 0.389 e. The predicted molar refractivity (Wildman–Crippen MR) is 91.3 cm³/mol. The van der Waals surface area contributed by atoms with Crippen LogP contribution in [0.25, 0.3) is 10.9 Å². The number of nitrogens with zero attached hydrogens (tertiary/aromatic N) is 1. The van der Waals surface area contributed by atoms with E-state index in [4.69, 9.17) is 0 Å². The molecule has 3 N–H and O–H groups in total. The van der Waals surface area contributed by atoms with E-state index in [1.807, 2.05) is 24.4 Å². The number of unbranched alkanes of at least 4 members (excludes halogenated alkanes) is 1. The van der Waals surface area contributed by atoms with Crippen molar-refractivity contribution in [3.8, 4) is 0 Å². The predicted octanol–water partition coefficient (Wildman–Crippen LogP) is 3.61. The summed E-state index contributed by atoms with van der Waals surface area (Å²) in [6.45, 7) is 1.17. The molecule has 0 spiro atoms. The Bertz CT molecular complexity index is 661. The minimum absolute atomic E-state index is 0.128. The topological polar surface area (TPSA) is 52.2 Å². The van der Waals surface area contributed by atoms with Crippen molar-refractivity contribution in [1.82, 2.24) is 15.6 Å². The molecule has 2 aromatic rings. The van der Waals surface area contributed by atoms with E-state index in [9.17, 15) is 13.2 Å². The zero-order valence-electron chi connectivity index (χ0n) is 13.7. The summed E-state index contributed by atoms with van der Waals surface area (Å²) >= 11 is 0. The Labute approximate surface area is 139 Å². The quantitative estimate of drug-likeness (QED) is 0.410. The first kappa shape index (κ1) is 18.2. The van der Waals surface area contributed by atoms with Crippen LogP contribution in [0.5, 0.6) is 0 Å². The molecule has 0 amide bonds. The summed E-state index contributed by atoms with van der Waals surface area (Å²) in [5.41, 5.74) is 2.33. The average molecular weight is 340 g/mol. The highest BCUT2D eigenvalue weighted by molar-refractivity contribution is 5.83. The first-order valence-electron chi connectivity index (χ1n) is 8.06. The average Bonchev–Trinajstić information content (AvgIpc) is 2.95. The zero-order chi connectivity index (χ0) is 17.4. The zero-order valence-corrected chi connectivity index (χ0v) is 13.7. The summed E-state index contributed by atoms with van der Waals surface area (Å²) in [6, 6.07) is 8.11. The lowest BCUT2D eigenvalue weighted by Gasteiger charge is -2.12. The van der Waals surface area contributed by atoms with Gasteiger partial charge in [0.25, 0.3) is 0 Å². The van der Waals surface area contributed by atoms with Gasteiger partial charge in [-0.25, -0.2) is 0 Å². The minimum atomic E-state index is -4.07. The number of aliphatic imine (C=N–C) groups is 1. The molecule has 0 unspecified atom stereocenters. The van der Waals surface area contributed by atoms with E-state index >= 15 is 0 Å². The van der Waals surface area contributed by atoms with Crippen LogP contribution in [0.3, 0.4) is 0 Å². The number of aromatic nitrogens is 1. The molecule has 0 aliphatic heterocycles. The summed E-state index contributed by atoms with van der Waals surface area (Å²) < 4.78 is 36.2. The monoisotopic (exact) mass is 340 g/mol. The van der Waals surface area contributed by atoms with Crippen LogP contribution in [0.15, 0.2) is 35.5 Å². The molecule has 1 heterocycles. The SMILES string of the molecule is CN=C(NCCCCC(F)(F)F)NCCc1c[nH]c2ccccc12. The van der Waals surface area contributed by atoms with Gasteiger partial charge in [0, 0.05) is 43.7 Å². The van der Waals surface area contributed by atoms with Crippen molar-refractivity contribution in [2.24, 2.45) is 4.99 Å². The third kappa shape index (κ3) is 5.79. The lowest BCUT2D eigenvalue weighted by atomic mass is 10.1. The van der Waals surface area contributed by atoms with Crippen molar-refractivity contribution in [3.63, 3.8) is 0 Å². The smallest absolute Gasteiger partial charge is 0.361 e. The molecule has 0 saturated heterocycles. The van der Waals surface area contributed by atoms with Crippen molar-refractivity contribution < 1.29 is 13.2 Å². The van der Waals surface area contributed by atoms with E-state index in [-0.39, 0.29) is 6.42 Å². The Hall–Kier alpha value is -2.18. The van der Waals surface area contributed by atoms with Crippen LogP contribution >= 0.6 is 0 Å². The maximum absolute atomic E-state index is 12.1. The standard InChI is InChI=1S/C17H23F3N4/c1-21-16(22-10-5-4-9-17(18,19)20)23-11-8-13-12-24-15-7-3-2-6-14(13)15/h2-3,6-7,12,24H,4-5,8-11H2,1H3,(H2,21,22,23). The van der Waals surface area contributed by atoms with E-state index in [0.717, 1.165) is 11.9 Å². The summed E-state index contributed by atoms with van der Waals surface area (Å²) in [4.78, 5) is 7.32. The number of rotatable bonds is 7. The lowest BCUT2D eigenvalue weighted by Crippen LogP contribution is -2.38. The largest absolute Gasteiger partial charge is 0.389 e. The van der Waals surface area contributed by atoms with Crippen molar-refractivity contribution in [3.05, 3.63) is 36.0 Å². The second kappa shape index (κ2) is 8.61. The molecule has 1 aromatic carbocycles. The van der Waals surface area contributed by atoms with Crippen LogP contribution in [0.4, 0.5) is 13.2 Å². The molecule has 0 radical (unpaired) electrons. The van der Waals surface area contributed by atoms with Gasteiger partial charge in [-0.15, -0.1) is 0 Å². The number of alkyl halides is 3. The summed E-state index contributed by atoms with van der Waals surface area (Å²) in [7, 11) is 1.65. The Balaban J connectivity index is 1.68. The van der Waals surface area contributed by atoms with Gasteiger partial charge in [0.2, 0.25) is 0 Å². The van der Waals surface area contributed by atoms with Crippen LogP contribution in [-0.4, -0.2) is 37.3 Å². The maximum atomic E-state index is 12.1. The fourth-order valence-corrected chi connectivity index (χ4v) is 2.53. The number of para-hydroxylation sites is 1. The van der Waals surface area contributed by atoms with Gasteiger partial charge in [-0.2, -0.15) is 13.2 Å². The minimum Gasteiger partial charge on any atom is -0.361 e. The van der Waals surface area contributed by atoms with E-state index in [0.29, 0.717) is 25.5 Å². The first-order valence-corrected chi connectivity index (χ1v) is 8.06. The lowest BCUT2D eigenvalue weighted by molar-refractivity contribution is -0.135. The highest BCUT2D eigenvalue weighted by Crippen LogP contribution is 2.21. The third-order valence-electron chi connectivity index (χ3n) is 3.76. The number of aromatic amines is 1. The number of guanidine groups is 1. The van der Waals surface area contributed by atoms with Gasteiger partial charge in [0.15, 0.2) is 5.96 Å². The molecule has 0 atom stereocenters. The molecule has 0 aliphatic carbocycles. The van der Waals surface area contributed by atoms with Gasteiger partial charge in [-0.05, 0) is 30.9 Å². The molecule has 7 heteroatoms. The summed E-state index contributed by atoms with van der Waals surface area (Å²) in [6.07, 6.45) is -1.38. The van der Waals surface area contributed by atoms with Gasteiger partial charge >= 0.3 is 6.18 Å². The Morgan fingerprint density at radius 1 is 1.12 bits per heavy atom. The van der Waals surface area contributed by atoms with Crippen LogP contribution in [-0.2, 0) is 6.42 Å². The van der Waals surface area contributed by atoms with Gasteiger partial charge < -0.3 is 15.6 Å². The Morgan fingerprint density at radius 3 is 2.62 bits per heavy atom. The molecule has 0 aliphatic rings. The van der Waals surface area contributed by atoms with Gasteiger partial charge in [0.1, 0.15) is 0 Å². The van der Waals surface area contributed by atoms with E-state index in [1.165, 1.54) is 10.9 Å². The normalized spacial score (nSPS) is 12.6. The van der Waals surface area contributed by atoms with Gasteiger partial charge in [0.05, 0.1) is 0 Å². The summed E-state index contributed by atoms with van der Waals surface area (Å²) in [5, 5.41) is 7.42. The number of H-pyrrole nitrogens is 1. The number of halogens is 3. The van der Waals surface area contributed by atoms with Crippen LogP contribution in [0.2, 0.25) is 0 Å². The number of nitrogens with one attached hydrogen (secondary N) is 3. The fourth-order valence-electron chi connectivity index (χ4n) is 2.53. The molecule has 132 valence electrons. The van der Waals surface area contributed by atoms with Crippen molar-refractivity contribution in [1.29, 1.82) is 0 Å².